The zero-order valence-corrected chi connectivity index (χ0v) is 17.6. The molecule has 2 saturated heterocycles. The quantitative estimate of drug-likeness (QED) is 0.786. The van der Waals surface area contributed by atoms with E-state index >= 15 is 0 Å². The summed E-state index contributed by atoms with van der Waals surface area (Å²) in [5.74, 6) is -2.45. The van der Waals surface area contributed by atoms with Crippen LogP contribution in [0.3, 0.4) is 0 Å². The molecule has 2 heterocycles. The fraction of sp³-hybridized carbons (Fsp3) is 0.391. The minimum absolute atomic E-state index is 0.0391. The van der Waals surface area contributed by atoms with Crippen LogP contribution in [0.4, 0.5) is 23.7 Å². The van der Waals surface area contributed by atoms with Gasteiger partial charge in [0.1, 0.15) is 5.82 Å². The number of carbonyl (C=O) groups is 2. The number of amides is 3. The van der Waals surface area contributed by atoms with E-state index in [0.717, 1.165) is 12.5 Å². The Morgan fingerprint density at radius 2 is 1.59 bits per heavy atom. The van der Waals surface area contributed by atoms with Crippen LogP contribution in [0.2, 0.25) is 0 Å². The second kappa shape index (κ2) is 9.50. The van der Waals surface area contributed by atoms with Crippen molar-refractivity contribution < 1.29 is 22.8 Å². The van der Waals surface area contributed by atoms with Crippen molar-refractivity contribution in [2.45, 2.75) is 6.42 Å². The van der Waals surface area contributed by atoms with E-state index in [2.05, 4.69) is 5.32 Å². The minimum atomic E-state index is -0.869. The number of halogens is 3. The molecule has 4 rings (SSSR count). The molecule has 0 spiro atoms. The lowest BCUT2D eigenvalue weighted by Crippen LogP contribution is -2.53. The summed E-state index contributed by atoms with van der Waals surface area (Å²) in [5, 5.41) is 2.93. The Morgan fingerprint density at radius 1 is 0.875 bits per heavy atom. The summed E-state index contributed by atoms with van der Waals surface area (Å²) in [7, 11) is 0. The number of anilines is 1. The van der Waals surface area contributed by atoms with Gasteiger partial charge in [-0.2, -0.15) is 0 Å². The average Bonchev–Trinajstić information content (AvgIpc) is 3.28. The third kappa shape index (κ3) is 4.81. The van der Waals surface area contributed by atoms with Crippen molar-refractivity contribution in [1.29, 1.82) is 0 Å². The Labute approximate surface area is 184 Å². The van der Waals surface area contributed by atoms with Crippen LogP contribution < -0.4 is 10.2 Å². The molecular weight excluding hydrogens is 421 g/mol. The third-order valence-corrected chi connectivity index (χ3v) is 6.05. The zero-order chi connectivity index (χ0) is 22.7. The Morgan fingerprint density at radius 3 is 2.31 bits per heavy atom. The van der Waals surface area contributed by atoms with Crippen LogP contribution in [0.15, 0.2) is 42.5 Å². The van der Waals surface area contributed by atoms with Gasteiger partial charge < -0.3 is 20.0 Å². The second-order valence-corrected chi connectivity index (χ2v) is 8.14. The first-order valence-electron chi connectivity index (χ1n) is 10.7. The molecule has 0 radical (unpaired) electrons. The van der Waals surface area contributed by atoms with Crippen LogP contribution in [0.1, 0.15) is 16.8 Å². The molecule has 1 atom stereocenters. The standard InChI is InChI=1S/C23H25F3N4O2/c24-19-4-2-1-3-18(19)22(31)28-9-11-29(12-10-28)23(32)27-14-16-7-8-30(15-16)17-5-6-20(25)21(26)13-17/h1-6,13,16H,7-12,14-15H2,(H,27,32). The number of rotatable bonds is 4. The Bertz CT molecular complexity index is 995. The number of hydrogen-bond acceptors (Lipinski definition) is 3. The molecule has 6 nitrogen and oxygen atoms in total. The van der Waals surface area contributed by atoms with Crippen LogP contribution in [-0.2, 0) is 0 Å². The van der Waals surface area contributed by atoms with Crippen LogP contribution in [0, 0.1) is 23.4 Å². The number of piperazine rings is 1. The summed E-state index contributed by atoms with van der Waals surface area (Å²) in [6.45, 7) is 3.27. The lowest BCUT2D eigenvalue weighted by Gasteiger charge is -2.35. The van der Waals surface area contributed by atoms with Crippen molar-refractivity contribution in [2.75, 3.05) is 50.7 Å². The highest BCUT2D eigenvalue weighted by Gasteiger charge is 2.28. The fourth-order valence-corrected chi connectivity index (χ4v) is 4.18. The molecule has 0 saturated carbocycles. The monoisotopic (exact) mass is 446 g/mol. The average molecular weight is 446 g/mol. The maximum absolute atomic E-state index is 13.9. The van der Waals surface area contributed by atoms with Crippen molar-refractivity contribution in [3.63, 3.8) is 0 Å². The number of carbonyl (C=O) groups excluding carboxylic acids is 2. The van der Waals surface area contributed by atoms with E-state index < -0.39 is 17.5 Å². The zero-order valence-electron chi connectivity index (χ0n) is 17.6. The van der Waals surface area contributed by atoms with E-state index in [1.165, 1.54) is 24.3 Å². The fourth-order valence-electron chi connectivity index (χ4n) is 4.18. The normalized spacial score (nSPS) is 18.7. The van der Waals surface area contributed by atoms with Crippen molar-refractivity contribution >= 4 is 17.6 Å². The number of urea groups is 1. The van der Waals surface area contributed by atoms with Crippen LogP contribution in [0.5, 0.6) is 0 Å². The molecule has 3 amide bonds. The van der Waals surface area contributed by atoms with Crippen LogP contribution in [0.25, 0.3) is 0 Å². The molecule has 2 fully saturated rings. The highest BCUT2D eigenvalue weighted by molar-refractivity contribution is 5.94. The molecule has 0 aliphatic carbocycles. The van der Waals surface area contributed by atoms with Gasteiger partial charge in [-0.1, -0.05) is 12.1 Å². The predicted octanol–water partition coefficient (Wildman–Crippen LogP) is 3.10. The minimum Gasteiger partial charge on any atom is -0.371 e. The molecule has 0 bridgehead atoms. The summed E-state index contributed by atoms with van der Waals surface area (Å²) in [6.07, 6.45) is 0.837. The van der Waals surface area contributed by atoms with E-state index in [1.807, 2.05) is 4.90 Å². The maximum atomic E-state index is 13.9. The molecule has 170 valence electrons. The first-order valence-corrected chi connectivity index (χ1v) is 10.7. The molecule has 2 aromatic carbocycles. The number of nitrogens with one attached hydrogen (secondary N) is 1. The Balaban J connectivity index is 1.22. The Hall–Kier alpha value is -3.23. The summed E-state index contributed by atoms with van der Waals surface area (Å²) in [6, 6.07) is 9.55. The summed E-state index contributed by atoms with van der Waals surface area (Å²) < 4.78 is 40.5. The van der Waals surface area contributed by atoms with Crippen LogP contribution >= 0.6 is 0 Å². The van der Waals surface area contributed by atoms with Gasteiger partial charge in [0.25, 0.3) is 5.91 Å². The van der Waals surface area contributed by atoms with Gasteiger partial charge in [0, 0.05) is 57.6 Å². The van der Waals surface area contributed by atoms with Gasteiger partial charge in [0.2, 0.25) is 0 Å². The third-order valence-electron chi connectivity index (χ3n) is 6.05. The topological polar surface area (TPSA) is 55.9 Å². The highest BCUT2D eigenvalue weighted by atomic mass is 19.2. The molecule has 2 aromatic rings. The maximum Gasteiger partial charge on any atom is 0.317 e. The molecule has 32 heavy (non-hydrogen) atoms. The molecule has 0 aromatic heterocycles. The molecule has 2 aliphatic heterocycles. The first-order chi connectivity index (χ1) is 15.4. The molecule has 2 aliphatic rings. The second-order valence-electron chi connectivity index (χ2n) is 8.14. The van der Waals surface area contributed by atoms with Crippen LogP contribution in [-0.4, -0.2) is 67.6 Å². The summed E-state index contributed by atoms with van der Waals surface area (Å²) in [4.78, 5) is 30.2. The van der Waals surface area contributed by atoms with Gasteiger partial charge in [-0.05, 0) is 36.6 Å². The van der Waals surface area contributed by atoms with E-state index in [4.69, 9.17) is 0 Å². The highest BCUT2D eigenvalue weighted by Crippen LogP contribution is 2.25. The van der Waals surface area contributed by atoms with Gasteiger partial charge in [-0.15, -0.1) is 0 Å². The molecule has 1 N–H and O–H groups in total. The smallest absolute Gasteiger partial charge is 0.317 e. The number of benzene rings is 2. The van der Waals surface area contributed by atoms with Crippen molar-refractivity contribution in [3.05, 3.63) is 65.5 Å². The summed E-state index contributed by atoms with van der Waals surface area (Å²) in [5.41, 5.74) is 0.672. The van der Waals surface area contributed by atoms with E-state index in [9.17, 15) is 22.8 Å². The first kappa shape index (κ1) is 22.0. The van der Waals surface area contributed by atoms with E-state index in [0.29, 0.717) is 51.5 Å². The molecule has 9 heteroatoms. The van der Waals surface area contributed by atoms with Crippen molar-refractivity contribution in [1.82, 2.24) is 15.1 Å². The van der Waals surface area contributed by atoms with E-state index in [-0.39, 0.29) is 23.4 Å². The van der Waals surface area contributed by atoms with Gasteiger partial charge in [-0.3, -0.25) is 4.79 Å². The largest absolute Gasteiger partial charge is 0.371 e. The molecular formula is C23H25F3N4O2. The Kier molecular flexibility index (Phi) is 6.53. The van der Waals surface area contributed by atoms with Crippen molar-refractivity contribution in [3.8, 4) is 0 Å². The number of hydrogen-bond donors (Lipinski definition) is 1. The SMILES string of the molecule is O=C(NCC1CCN(c2ccc(F)c(F)c2)C1)N1CCN(C(=O)c2ccccc2F)CC1. The molecule has 1 unspecified atom stereocenters. The summed E-state index contributed by atoms with van der Waals surface area (Å²) >= 11 is 0. The lowest BCUT2D eigenvalue weighted by molar-refractivity contribution is 0.0660. The van der Waals surface area contributed by atoms with Gasteiger partial charge >= 0.3 is 6.03 Å². The lowest BCUT2D eigenvalue weighted by atomic mass is 10.1. The van der Waals surface area contributed by atoms with Gasteiger partial charge in [0.15, 0.2) is 11.6 Å². The predicted molar refractivity (Wildman–Crippen MR) is 114 cm³/mol. The van der Waals surface area contributed by atoms with Gasteiger partial charge in [0.05, 0.1) is 5.56 Å². The number of nitrogens with zero attached hydrogens (tertiary/aromatic N) is 3. The van der Waals surface area contributed by atoms with E-state index in [1.54, 1.807) is 21.9 Å². The van der Waals surface area contributed by atoms with Gasteiger partial charge in [-0.25, -0.2) is 18.0 Å². The van der Waals surface area contributed by atoms with Crippen molar-refractivity contribution in [2.24, 2.45) is 5.92 Å².